The maximum Gasteiger partial charge on any atom is 0.230 e. The molecular weight excluding hydrogens is 268 g/mol. The molecule has 0 radical (unpaired) electrons. The van der Waals surface area contributed by atoms with Crippen LogP contribution in [0, 0.1) is 0 Å². The lowest BCUT2D eigenvalue weighted by Crippen LogP contribution is -2.54. The smallest absolute Gasteiger partial charge is 0.230 e. The van der Waals surface area contributed by atoms with E-state index in [2.05, 4.69) is 26.9 Å². The highest BCUT2D eigenvalue weighted by Crippen LogP contribution is 2.39. The molecular formula is C15H26N4O2. The Hall–Kier alpha value is -0.980. The maximum atomic E-state index is 9.59. The quantitative estimate of drug-likeness (QED) is 0.851. The zero-order valence-electron chi connectivity index (χ0n) is 13.0. The summed E-state index contributed by atoms with van der Waals surface area (Å²) in [6.45, 7) is 8.57. The standard InChI is InChI=1S/C15H26N4O2/c1-3-13-9-18(6-7-19(13)8-11(2)20)10-14-16-17-15(21-14)12-4-5-12/h11-13,20H,3-10H2,1-2H3. The molecule has 1 saturated heterocycles. The van der Waals surface area contributed by atoms with Crippen molar-refractivity contribution in [2.45, 2.75) is 57.7 Å². The third kappa shape index (κ3) is 3.81. The van der Waals surface area contributed by atoms with E-state index in [1.54, 1.807) is 0 Å². The van der Waals surface area contributed by atoms with Gasteiger partial charge in [0.25, 0.3) is 0 Å². The molecule has 0 aromatic carbocycles. The van der Waals surface area contributed by atoms with Crippen LogP contribution in [0.15, 0.2) is 4.42 Å². The Morgan fingerprint density at radius 3 is 2.81 bits per heavy atom. The molecule has 0 bridgehead atoms. The number of piperazine rings is 1. The van der Waals surface area contributed by atoms with Gasteiger partial charge in [0, 0.05) is 38.1 Å². The largest absolute Gasteiger partial charge is 0.424 e. The fourth-order valence-corrected chi connectivity index (χ4v) is 3.08. The lowest BCUT2D eigenvalue weighted by atomic mass is 10.1. The molecule has 2 heterocycles. The Bertz CT molecular complexity index is 458. The van der Waals surface area contributed by atoms with E-state index in [1.807, 2.05) is 6.92 Å². The van der Waals surface area contributed by atoms with Crippen LogP contribution >= 0.6 is 0 Å². The molecule has 2 atom stereocenters. The van der Waals surface area contributed by atoms with Crippen LogP contribution in [0.3, 0.4) is 0 Å². The highest BCUT2D eigenvalue weighted by molar-refractivity contribution is 5.00. The molecule has 1 aliphatic heterocycles. The van der Waals surface area contributed by atoms with Crippen LogP contribution in [-0.2, 0) is 6.54 Å². The summed E-state index contributed by atoms with van der Waals surface area (Å²) in [5.41, 5.74) is 0. The lowest BCUT2D eigenvalue weighted by molar-refractivity contribution is 0.0307. The number of hydrogen-bond donors (Lipinski definition) is 1. The number of aliphatic hydroxyl groups is 1. The van der Waals surface area contributed by atoms with Gasteiger partial charge in [-0.3, -0.25) is 9.80 Å². The second-order valence-electron chi connectivity index (χ2n) is 6.45. The minimum atomic E-state index is -0.261. The Balaban J connectivity index is 1.54. The van der Waals surface area contributed by atoms with Gasteiger partial charge in [-0.15, -0.1) is 10.2 Å². The molecule has 6 heteroatoms. The van der Waals surface area contributed by atoms with Crippen LogP contribution in [0.2, 0.25) is 0 Å². The highest BCUT2D eigenvalue weighted by atomic mass is 16.4. The summed E-state index contributed by atoms with van der Waals surface area (Å²) >= 11 is 0. The van der Waals surface area contributed by atoms with E-state index in [-0.39, 0.29) is 6.10 Å². The van der Waals surface area contributed by atoms with Gasteiger partial charge in [0.2, 0.25) is 11.8 Å². The van der Waals surface area contributed by atoms with Gasteiger partial charge in [0.05, 0.1) is 12.6 Å². The van der Waals surface area contributed by atoms with Crippen molar-refractivity contribution in [1.29, 1.82) is 0 Å². The van der Waals surface area contributed by atoms with Gasteiger partial charge in [0.15, 0.2) is 0 Å². The number of β-amino-alcohol motifs (C(OH)–C–C–N with tert-alkyl or cyclic N) is 1. The molecule has 1 aliphatic carbocycles. The van der Waals surface area contributed by atoms with E-state index < -0.39 is 0 Å². The monoisotopic (exact) mass is 294 g/mol. The number of aromatic nitrogens is 2. The Morgan fingerprint density at radius 1 is 1.33 bits per heavy atom. The maximum absolute atomic E-state index is 9.59. The summed E-state index contributed by atoms with van der Waals surface area (Å²) in [6.07, 6.45) is 3.22. The molecule has 2 fully saturated rings. The second-order valence-corrected chi connectivity index (χ2v) is 6.45. The fraction of sp³-hybridized carbons (Fsp3) is 0.867. The first-order valence-corrected chi connectivity index (χ1v) is 8.12. The molecule has 1 N–H and O–H groups in total. The van der Waals surface area contributed by atoms with Gasteiger partial charge in [-0.1, -0.05) is 6.92 Å². The van der Waals surface area contributed by atoms with Gasteiger partial charge in [-0.05, 0) is 26.2 Å². The topological polar surface area (TPSA) is 65.6 Å². The highest BCUT2D eigenvalue weighted by Gasteiger charge is 2.31. The number of rotatable bonds is 6. The first kappa shape index (κ1) is 14.9. The molecule has 6 nitrogen and oxygen atoms in total. The van der Waals surface area contributed by atoms with Gasteiger partial charge in [0.1, 0.15) is 0 Å². The molecule has 3 rings (SSSR count). The first-order chi connectivity index (χ1) is 10.2. The zero-order valence-corrected chi connectivity index (χ0v) is 13.0. The molecule has 1 saturated carbocycles. The number of aliphatic hydroxyl groups excluding tert-OH is 1. The summed E-state index contributed by atoms with van der Waals surface area (Å²) in [5.74, 6) is 2.10. The summed E-state index contributed by atoms with van der Waals surface area (Å²) in [4.78, 5) is 4.78. The summed E-state index contributed by atoms with van der Waals surface area (Å²) in [7, 11) is 0. The van der Waals surface area contributed by atoms with Crippen molar-refractivity contribution in [2.24, 2.45) is 0 Å². The summed E-state index contributed by atoms with van der Waals surface area (Å²) in [5, 5.41) is 17.9. The van der Waals surface area contributed by atoms with Gasteiger partial charge < -0.3 is 9.52 Å². The van der Waals surface area contributed by atoms with Gasteiger partial charge in [-0.25, -0.2) is 0 Å². The minimum absolute atomic E-state index is 0.261. The van der Waals surface area contributed by atoms with E-state index in [4.69, 9.17) is 4.42 Å². The molecule has 21 heavy (non-hydrogen) atoms. The van der Waals surface area contributed by atoms with Crippen LogP contribution in [-0.4, -0.2) is 63.4 Å². The Morgan fingerprint density at radius 2 is 2.14 bits per heavy atom. The van der Waals surface area contributed by atoms with Crippen molar-refractivity contribution in [3.63, 3.8) is 0 Å². The first-order valence-electron chi connectivity index (χ1n) is 8.12. The summed E-state index contributed by atoms with van der Waals surface area (Å²) < 4.78 is 5.75. The van der Waals surface area contributed by atoms with Crippen LogP contribution in [0.25, 0.3) is 0 Å². The van der Waals surface area contributed by atoms with Crippen molar-refractivity contribution in [2.75, 3.05) is 26.2 Å². The Labute approximate surface area is 126 Å². The van der Waals surface area contributed by atoms with E-state index in [0.29, 0.717) is 12.0 Å². The van der Waals surface area contributed by atoms with E-state index in [1.165, 1.54) is 12.8 Å². The Kier molecular flexibility index (Phi) is 4.57. The number of nitrogens with zero attached hydrogens (tertiary/aromatic N) is 4. The van der Waals surface area contributed by atoms with Gasteiger partial charge >= 0.3 is 0 Å². The van der Waals surface area contributed by atoms with E-state index >= 15 is 0 Å². The van der Waals surface area contributed by atoms with Crippen molar-refractivity contribution in [3.05, 3.63) is 11.8 Å². The average molecular weight is 294 g/mol. The van der Waals surface area contributed by atoms with Crippen molar-refractivity contribution in [1.82, 2.24) is 20.0 Å². The molecule has 118 valence electrons. The average Bonchev–Trinajstić information content (AvgIpc) is 3.21. The van der Waals surface area contributed by atoms with Crippen LogP contribution < -0.4 is 0 Å². The van der Waals surface area contributed by atoms with Crippen LogP contribution in [0.1, 0.15) is 50.8 Å². The van der Waals surface area contributed by atoms with Crippen molar-refractivity contribution < 1.29 is 9.52 Å². The third-order valence-corrected chi connectivity index (χ3v) is 4.43. The predicted octanol–water partition coefficient (Wildman–Crippen LogP) is 1.22. The normalized spacial score (nSPS) is 26.1. The molecule has 0 amide bonds. The van der Waals surface area contributed by atoms with E-state index in [9.17, 15) is 5.11 Å². The fourth-order valence-electron chi connectivity index (χ4n) is 3.08. The van der Waals surface area contributed by atoms with Crippen molar-refractivity contribution >= 4 is 0 Å². The molecule has 2 aliphatic rings. The SMILES string of the molecule is CCC1CN(Cc2nnc(C3CC3)o2)CCN1CC(C)O. The van der Waals surface area contributed by atoms with Gasteiger partial charge in [-0.2, -0.15) is 0 Å². The second kappa shape index (κ2) is 6.42. The van der Waals surface area contributed by atoms with E-state index in [0.717, 1.165) is 50.9 Å². The predicted molar refractivity (Wildman–Crippen MR) is 78.9 cm³/mol. The molecule has 2 unspecified atom stereocenters. The summed E-state index contributed by atoms with van der Waals surface area (Å²) in [6, 6.07) is 0.499. The van der Waals surface area contributed by atoms with Crippen molar-refractivity contribution in [3.8, 4) is 0 Å². The minimum Gasteiger partial charge on any atom is -0.424 e. The van der Waals surface area contributed by atoms with Crippen LogP contribution in [0.5, 0.6) is 0 Å². The van der Waals surface area contributed by atoms with Crippen LogP contribution in [0.4, 0.5) is 0 Å². The number of hydrogen-bond acceptors (Lipinski definition) is 6. The molecule has 0 spiro atoms. The molecule has 1 aromatic heterocycles. The third-order valence-electron chi connectivity index (χ3n) is 4.43. The lowest BCUT2D eigenvalue weighted by Gasteiger charge is -2.41. The molecule has 1 aromatic rings. The zero-order chi connectivity index (χ0) is 14.8.